The first-order chi connectivity index (χ1) is 14.8. The molecule has 0 amide bonds. The highest BCUT2D eigenvalue weighted by molar-refractivity contribution is 7.89. The maximum Gasteiger partial charge on any atom is 0.240 e. The molecule has 2 aromatic rings. The molecule has 1 saturated heterocycles. The number of nitrogens with one attached hydrogen (secondary N) is 1. The van der Waals surface area contributed by atoms with Crippen molar-refractivity contribution < 1.29 is 8.42 Å². The molecule has 2 atom stereocenters. The van der Waals surface area contributed by atoms with Crippen LogP contribution in [-0.4, -0.2) is 51.6 Å². The van der Waals surface area contributed by atoms with Crippen molar-refractivity contribution >= 4 is 38.9 Å². The second-order valence-corrected chi connectivity index (χ2v) is 11.1. The Bertz CT molecular complexity index is 1010. The van der Waals surface area contributed by atoms with E-state index in [1.54, 1.807) is 24.3 Å². The summed E-state index contributed by atoms with van der Waals surface area (Å²) < 4.78 is 28.9. The number of hydrogen-bond donors (Lipinski definition) is 1. The molecule has 0 spiro atoms. The van der Waals surface area contributed by atoms with E-state index in [1.165, 1.54) is 11.3 Å². The molecule has 1 N–H and O–H groups in total. The smallest absolute Gasteiger partial charge is 0.240 e. The minimum Gasteiger partial charge on any atom is -0.369 e. The van der Waals surface area contributed by atoms with Crippen LogP contribution < -0.4 is 9.62 Å². The average Bonchev–Trinajstić information content (AvgIpc) is 2.76. The maximum atomic E-state index is 13.0. The number of anilines is 1. The number of halogens is 2. The Kier molecular flexibility index (Phi) is 7.14. The lowest BCUT2D eigenvalue weighted by molar-refractivity contribution is 0.124. The third kappa shape index (κ3) is 5.37. The third-order valence-electron chi connectivity index (χ3n) is 6.46. The zero-order valence-corrected chi connectivity index (χ0v) is 20.1. The number of piperazine rings is 1. The minimum atomic E-state index is -3.57. The summed E-state index contributed by atoms with van der Waals surface area (Å²) in [5, 5.41) is 1.29. The highest BCUT2D eigenvalue weighted by Crippen LogP contribution is 2.29. The van der Waals surface area contributed by atoms with Crippen LogP contribution in [0.2, 0.25) is 10.0 Å². The first-order valence-corrected chi connectivity index (χ1v) is 13.1. The zero-order valence-electron chi connectivity index (χ0n) is 17.7. The molecule has 0 aromatic heterocycles. The van der Waals surface area contributed by atoms with Crippen LogP contribution in [0.4, 0.5) is 5.69 Å². The number of benzene rings is 2. The Labute approximate surface area is 195 Å². The van der Waals surface area contributed by atoms with Crippen LogP contribution in [0.25, 0.3) is 0 Å². The summed E-state index contributed by atoms with van der Waals surface area (Å²) in [7, 11) is -3.57. The van der Waals surface area contributed by atoms with E-state index >= 15 is 0 Å². The lowest BCUT2D eigenvalue weighted by Crippen LogP contribution is -2.58. The van der Waals surface area contributed by atoms with Gasteiger partial charge in [-0.25, -0.2) is 13.1 Å². The van der Waals surface area contributed by atoms with E-state index in [1.807, 2.05) is 12.1 Å². The van der Waals surface area contributed by atoms with Crippen LogP contribution in [0.1, 0.15) is 31.2 Å². The predicted molar refractivity (Wildman–Crippen MR) is 128 cm³/mol. The Morgan fingerprint density at radius 3 is 2.26 bits per heavy atom. The fraction of sp³-hybridized carbons (Fsp3) is 0.478. The summed E-state index contributed by atoms with van der Waals surface area (Å²) in [6.07, 6.45) is 4.07. The van der Waals surface area contributed by atoms with Gasteiger partial charge in [0.15, 0.2) is 0 Å². The van der Waals surface area contributed by atoms with Gasteiger partial charge in [-0.1, -0.05) is 42.1 Å². The van der Waals surface area contributed by atoms with Gasteiger partial charge in [0.1, 0.15) is 0 Å². The molecule has 1 heterocycles. The van der Waals surface area contributed by atoms with Gasteiger partial charge in [-0.2, -0.15) is 0 Å². The summed E-state index contributed by atoms with van der Waals surface area (Å²) in [4.78, 5) is 5.11. The third-order valence-corrected chi connectivity index (χ3v) is 8.45. The van der Waals surface area contributed by atoms with Gasteiger partial charge in [0.2, 0.25) is 10.0 Å². The van der Waals surface area contributed by atoms with Gasteiger partial charge in [-0.3, -0.25) is 4.90 Å². The van der Waals surface area contributed by atoms with Gasteiger partial charge >= 0.3 is 0 Å². The molecular weight excluding hydrogens is 453 g/mol. The molecule has 2 aliphatic rings. The van der Waals surface area contributed by atoms with Crippen molar-refractivity contribution in [1.82, 2.24) is 9.62 Å². The van der Waals surface area contributed by atoms with Crippen molar-refractivity contribution in [2.75, 3.05) is 31.1 Å². The van der Waals surface area contributed by atoms with Gasteiger partial charge in [0.05, 0.1) is 4.90 Å². The van der Waals surface area contributed by atoms with Crippen LogP contribution in [0.15, 0.2) is 47.4 Å². The highest BCUT2D eigenvalue weighted by Gasteiger charge is 2.35. The van der Waals surface area contributed by atoms with Crippen LogP contribution >= 0.6 is 23.2 Å². The summed E-state index contributed by atoms with van der Waals surface area (Å²) in [6, 6.07) is 12.5. The van der Waals surface area contributed by atoms with Gasteiger partial charge in [0, 0.05) is 54.0 Å². The van der Waals surface area contributed by atoms with Gasteiger partial charge < -0.3 is 4.90 Å². The van der Waals surface area contributed by atoms with Crippen molar-refractivity contribution in [2.24, 2.45) is 0 Å². The summed E-state index contributed by atoms with van der Waals surface area (Å²) in [6.45, 7) is 5.76. The van der Waals surface area contributed by atoms with E-state index in [4.69, 9.17) is 23.2 Å². The topological polar surface area (TPSA) is 52.6 Å². The maximum absolute atomic E-state index is 13.0. The van der Waals surface area contributed by atoms with Crippen molar-refractivity contribution in [1.29, 1.82) is 0 Å². The molecule has 0 bridgehead atoms. The van der Waals surface area contributed by atoms with E-state index in [2.05, 4.69) is 27.5 Å². The summed E-state index contributed by atoms with van der Waals surface area (Å²) in [5.74, 6) is 0. The van der Waals surface area contributed by atoms with Gasteiger partial charge in [-0.05, 0) is 61.7 Å². The normalized spacial score (nSPS) is 23.1. The molecule has 2 fully saturated rings. The first kappa shape index (κ1) is 22.9. The quantitative estimate of drug-likeness (QED) is 0.671. The first-order valence-electron chi connectivity index (χ1n) is 10.9. The van der Waals surface area contributed by atoms with Crippen molar-refractivity contribution in [2.45, 2.75) is 49.6 Å². The highest BCUT2D eigenvalue weighted by atomic mass is 35.5. The van der Waals surface area contributed by atoms with Gasteiger partial charge in [-0.15, -0.1) is 0 Å². The van der Waals surface area contributed by atoms with Crippen LogP contribution in [0.5, 0.6) is 0 Å². The van der Waals surface area contributed by atoms with E-state index in [9.17, 15) is 8.42 Å². The average molecular weight is 482 g/mol. The fourth-order valence-corrected chi connectivity index (χ4v) is 6.38. The Morgan fingerprint density at radius 2 is 1.55 bits per heavy atom. The van der Waals surface area contributed by atoms with Crippen molar-refractivity contribution in [3.05, 3.63) is 58.1 Å². The van der Waals surface area contributed by atoms with Crippen molar-refractivity contribution in [3.63, 3.8) is 0 Å². The molecule has 1 aliphatic heterocycles. The molecule has 2 aromatic carbocycles. The minimum absolute atomic E-state index is 0.0751. The number of sulfonamides is 1. The molecule has 168 valence electrons. The zero-order chi connectivity index (χ0) is 22.0. The number of hydrogen-bond acceptors (Lipinski definition) is 4. The Hall–Kier alpha value is -1.31. The standard InChI is InChI=1S/C23H29Cl2N3O2S/c1-17-6-7-19(25)16-23(17)28-14-12-27(13-15-28)22-5-3-2-4-21(22)26-31(29,30)20-10-8-18(24)9-11-20/h6-11,16,21-22,26H,2-5,12-15H2,1H3. The molecule has 8 heteroatoms. The van der Waals surface area contributed by atoms with E-state index < -0.39 is 10.0 Å². The SMILES string of the molecule is Cc1ccc(Cl)cc1N1CCN(C2CCCCC2NS(=O)(=O)c2ccc(Cl)cc2)CC1. The molecular formula is C23H29Cl2N3O2S. The Balaban J connectivity index is 1.43. The Morgan fingerprint density at radius 1 is 0.903 bits per heavy atom. The second kappa shape index (κ2) is 9.67. The van der Waals surface area contributed by atoms with E-state index in [0.717, 1.165) is 56.9 Å². The lowest BCUT2D eigenvalue weighted by atomic mass is 9.89. The molecule has 0 radical (unpaired) electrons. The lowest BCUT2D eigenvalue weighted by Gasteiger charge is -2.45. The number of aryl methyl sites for hydroxylation is 1. The summed E-state index contributed by atoms with van der Waals surface area (Å²) >= 11 is 12.1. The van der Waals surface area contributed by atoms with Crippen molar-refractivity contribution in [3.8, 4) is 0 Å². The largest absolute Gasteiger partial charge is 0.369 e. The number of rotatable bonds is 5. The second-order valence-electron chi connectivity index (χ2n) is 8.49. The van der Waals surface area contributed by atoms with Crippen LogP contribution in [-0.2, 0) is 10.0 Å². The summed E-state index contributed by atoms with van der Waals surface area (Å²) in [5.41, 5.74) is 2.42. The molecule has 5 nitrogen and oxygen atoms in total. The van der Waals surface area contributed by atoms with E-state index in [-0.39, 0.29) is 17.0 Å². The monoisotopic (exact) mass is 481 g/mol. The van der Waals surface area contributed by atoms with Crippen LogP contribution in [0.3, 0.4) is 0 Å². The molecule has 1 aliphatic carbocycles. The van der Waals surface area contributed by atoms with E-state index in [0.29, 0.717) is 5.02 Å². The molecule has 2 unspecified atom stereocenters. The van der Waals surface area contributed by atoms with Crippen LogP contribution in [0, 0.1) is 6.92 Å². The molecule has 1 saturated carbocycles. The van der Waals surface area contributed by atoms with Gasteiger partial charge in [0.25, 0.3) is 0 Å². The fourth-order valence-electron chi connectivity index (χ4n) is 4.78. The number of nitrogens with zero attached hydrogens (tertiary/aromatic N) is 2. The molecule has 31 heavy (non-hydrogen) atoms. The predicted octanol–water partition coefficient (Wildman–Crippen LogP) is 4.71. The molecule has 4 rings (SSSR count).